The largest absolute Gasteiger partial charge is 0.389 e. The molecule has 0 radical (unpaired) electrons. The number of hydrogen-bond donors (Lipinski definition) is 1. The molecular formula is C10H14F3N3O. The van der Waals surface area contributed by atoms with Crippen LogP contribution in [0.4, 0.5) is 13.2 Å². The van der Waals surface area contributed by atoms with E-state index in [2.05, 4.69) is 15.5 Å². The normalized spacial score (nSPS) is 18.5. The fourth-order valence-corrected chi connectivity index (χ4v) is 1.86. The van der Waals surface area contributed by atoms with Gasteiger partial charge in [0.05, 0.1) is 6.42 Å². The van der Waals surface area contributed by atoms with Crippen molar-refractivity contribution in [1.82, 2.24) is 15.5 Å². The van der Waals surface area contributed by atoms with Crippen LogP contribution < -0.4 is 5.32 Å². The monoisotopic (exact) mass is 249 g/mol. The lowest BCUT2D eigenvalue weighted by molar-refractivity contribution is -0.134. The van der Waals surface area contributed by atoms with Crippen molar-refractivity contribution in [2.75, 3.05) is 13.1 Å². The molecule has 0 saturated carbocycles. The van der Waals surface area contributed by atoms with Gasteiger partial charge in [-0.05, 0) is 25.9 Å². The zero-order chi connectivity index (χ0) is 12.3. The van der Waals surface area contributed by atoms with E-state index < -0.39 is 12.6 Å². The van der Waals surface area contributed by atoms with E-state index in [1.165, 1.54) is 0 Å². The van der Waals surface area contributed by atoms with Gasteiger partial charge < -0.3 is 9.84 Å². The van der Waals surface area contributed by atoms with Crippen LogP contribution in [0.3, 0.4) is 0 Å². The first-order chi connectivity index (χ1) is 8.04. The Labute approximate surface area is 96.6 Å². The van der Waals surface area contributed by atoms with Crippen molar-refractivity contribution in [1.29, 1.82) is 0 Å². The maximum Gasteiger partial charge on any atom is 0.389 e. The molecule has 0 spiro atoms. The third kappa shape index (κ3) is 3.69. The quantitative estimate of drug-likeness (QED) is 0.890. The van der Waals surface area contributed by atoms with E-state index in [9.17, 15) is 13.2 Å². The first kappa shape index (κ1) is 12.3. The summed E-state index contributed by atoms with van der Waals surface area (Å²) in [6, 6.07) is 0. The summed E-state index contributed by atoms with van der Waals surface area (Å²) >= 11 is 0. The molecule has 1 fully saturated rings. The van der Waals surface area contributed by atoms with Gasteiger partial charge >= 0.3 is 6.18 Å². The zero-order valence-electron chi connectivity index (χ0n) is 9.26. The second-order valence-corrected chi connectivity index (χ2v) is 4.19. The van der Waals surface area contributed by atoms with E-state index in [4.69, 9.17) is 4.52 Å². The molecule has 2 rings (SSSR count). The van der Waals surface area contributed by atoms with Crippen molar-refractivity contribution < 1.29 is 17.7 Å². The maximum atomic E-state index is 12.0. The number of nitrogens with one attached hydrogen (secondary N) is 1. The Morgan fingerprint density at radius 3 is 2.65 bits per heavy atom. The van der Waals surface area contributed by atoms with Crippen LogP contribution in [-0.2, 0) is 6.42 Å². The summed E-state index contributed by atoms with van der Waals surface area (Å²) in [7, 11) is 0. The van der Waals surface area contributed by atoms with Crippen molar-refractivity contribution in [3.05, 3.63) is 11.7 Å². The first-order valence-electron chi connectivity index (χ1n) is 5.64. The molecule has 0 amide bonds. The van der Waals surface area contributed by atoms with Gasteiger partial charge in [-0.3, -0.25) is 0 Å². The lowest BCUT2D eigenvalue weighted by atomic mass is 9.98. The number of nitrogens with zero attached hydrogens (tertiary/aromatic N) is 2. The molecule has 7 heteroatoms. The summed E-state index contributed by atoms with van der Waals surface area (Å²) in [4.78, 5) is 4.03. The number of halogens is 3. The van der Waals surface area contributed by atoms with E-state index in [1.54, 1.807) is 0 Å². The van der Waals surface area contributed by atoms with Crippen molar-refractivity contribution in [2.24, 2.45) is 0 Å². The lowest BCUT2D eigenvalue weighted by Gasteiger charge is -2.18. The molecule has 1 aromatic heterocycles. The van der Waals surface area contributed by atoms with Crippen LogP contribution in [0.5, 0.6) is 0 Å². The minimum Gasteiger partial charge on any atom is -0.339 e. The Morgan fingerprint density at radius 1 is 1.29 bits per heavy atom. The van der Waals surface area contributed by atoms with Gasteiger partial charge in [0.2, 0.25) is 5.89 Å². The van der Waals surface area contributed by atoms with E-state index in [0.29, 0.717) is 5.82 Å². The van der Waals surface area contributed by atoms with Gasteiger partial charge in [-0.1, -0.05) is 5.16 Å². The molecule has 0 aliphatic carbocycles. The second-order valence-electron chi connectivity index (χ2n) is 4.19. The molecule has 0 bridgehead atoms. The number of alkyl halides is 3. The third-order valence-corrected chi connectivity index (χ3v) is 2.81. The molecule has 96 valence electrons. The van der Waals surface area contributed by atoms with Gasteiger partial charge in [-0.15, -0.1) is 0 Å². The molecule has 17 heavy (non-hydrogen) atoms. The summed E-state index contributed by atoms with van der Waals surface area (Å²) in [5, 5.41) is 6.96. The maximum absolute atomic E-state index is 12.0. The number of rotatable bonds is 3. The fraction of sp³-hybridized carbons (Fsp3) is 0.800. The average molecular weight is 249 g/mol. The van der Waals surface area contributed by atoms with E-state index >= 15 is 0 Å². The highest BCUT2D eigenvalue weighted by atomic mass is 19.4. The third-order valence-electron chi connectivity index (χ3n) is 2.81. The number of piperidine rings is 1. The molecule has 4 nitrogen and oxygen atoms in total. The van der Waals surface area contributed by atoms with Crippen molar-refractivity contribution in [3.8, 4) is 0 Å². The van der Waals surface area contributed by atoms with Gasteiger partial charge in [0.25, 0.3) is 0 Å². The topological polar surface area (TPSA) is 51.0 Å². The summed E-state index contributed by atoms with van der Waals surface area (Å²) in [6.45, 7) is 1.77. The Hall–Kier alpha value is -1.11. The van der Waals surface area contributed by atoms with Gasteiger partial charge in [0.1, 0.15) is 0 Å². The Bertz CT molecular complexity index is 358. The second kappa shape index (κ2) is 5.03. The minimum atomic E-state index is -4.18. The van der Waals surface area contributed by atoms with Crippen LogP contribution >= 0.6 is 0 Å². The molecule has 1 saturated heterocycles. The Kier molecular flexibility index (Phi) is 3.66. The smallest absolute Gasteiger partial charge is 0.339 e. The van der Waals surface area contributed by atoms with Crippen LogP contribution in [0.2, 0.25) is 0 Å². The molecule has 0 unspecified atom stereocenters. The average Bonchev–Trinajstić information content (AvgIpc) is 2.75. The molecular weight excluding hydrogens is 235 g/mol. The summed E-state index contributed by atoms with van der Waals surface area (Å²) in [6.07, 6.45) is -3.53. The fourth-order valence-electron chi connectivity index (χ4n) is 1.86. The predicted molar refractivity (Wildman–Crippen MR) is 53.5 cm³/mol. The van der Waals surface area contributed by atoms with Gasteiger partial charge in [0, 0.05) is 12.3 Å². The molecule has 1 N–H and O–H groups in total. The number of aryl methyl sites for hydroxylation is 1. The lowest BCUT2D eigenvalue weighted by Crippen LogP contribution is -2.27. The zero-order valence-corrected chi connectivity index (χ0v) is 9.26. The SMILES string of the molecule is FC(F)(F)CCc1nc(C2CCNCC2)no1. The molecule has 1 aromatic rings. The molecule has 2 heterocycles. The van der Waals surface area contributed by atoms with Crippen molar-refractivity contribution >= 4 is 0 Å². The Morgan fingerprint density at radius 2 is 2.00 bits per heavy atom. The van der Waals surface area contributed by atoms with Crippen LogP contribution in [-0.4, -0.2) is 29.4 Å². The summed E-state index contributed by atoms with van der Waals surface area (Å²) in [5.74, 6) is 0.833. The molecule has 1 aliphatic rings. The summed E-state index contributed by atoms with van der Waals surface area (Å²) in [5.41, 5.74) is 0. The standard InChI is InChI=1S/C10H14F3N3O/c11-10(12,13)4-1-8-15-9(16-17-8)7-2-5-14-6-3-7/h7,14H,1-6H2. The highest BCUT2D eigenvalue weighted by Gasteiger charge is 2.28. The highest BCUT2D eigenvalue weighted by molar-refractivity contribution is 4.97. The molecule has 0 aromatic carbocycles. The minimum absolute atomic E-state index is 0.0795. The number of aromatic nitrogens is 2. The van der Waals surface area contributed by atoms with Crippen molar-refractivity contribution in [2.45, 2.75) is 37.8 Å². The molecule has 1 aliphatic heterocycles. The van der Waals surface area contributed by atoms with Gasteiger partial charge in [-0.2, -0.15) is 18.2 Å². The van der Waals surface area contributed by atoms with Crippen LogP contribution in [0, 0.1) is 0 Å². The Balaban J connectivity index is 1.91. The highest BCUT2D eigenvalue weighted by Crippen LogP contribution is 2.24. The molecule has 0 atom stereocenters. The first-order valence-corrected chi connectivity index (χ1v) is 5.64. The van der Waals surface area contributed by atoms with Crippen LogP contribution in [0.15, 0.2) is 4.52 Å². The summed E-state index contributed by atoms with van der Waals surface area (Å²) < 4.78 is 40.8. The van der Waals surface area contributed by atoms with Crippen LogP contribution in [0.1, 0.15) is 36.9 Å². The van der Waals surface area contributed by atoms with E-state index in [1.807, 2.05) is 0 Å². The number of hydrogen-bond acceptors (Lipinski definition) is 4. The van der Waals surface area contributed by atoms with E-state index in [-0.39, 0.29) is 18.2 Å². The van der Waals surface area contributed by atoms with Gasteiger partial charge in [-0.25, -0.2) is 0 Å². The van der Waals surface area contributed by atoms with Crippen molar-refractivity contribution in [3.63, 3.8) is 0 Å². The predicted octanol–water partition coefficient (Wildman–Crippen LogP) is 2.03. The van der Waals surface area contributed by atoms with Crippen LogP contribution in [0.25, 0.3) is 0 Å². The van der Waals surface area contributed by atoms with E-state index in [0.717, 1.165) is 25.9 Å². The van der Waals surface area contributed by atoms with Gasteiger partial charge in [0.15, 0.2) is 5.82 Å².